The van der Waals surface area contributed by atoms with Gasteiger partial charge in [0.15, 0.2) is 0 Å². The Morgan fingerprint density at radius 1 is 0.949 bits per heavy atom. The number of amides is 8. The average Bonchev–Trinajstić information content (AvgIpc) is 4.42. The molecule has 24 heteroatoms. The minimum Gasteiger partial charge on any atom is -0.370 e. The fourth-order valence-electron chi connectivity index (χ4n) is 10.6. The molecule has 3 saturated heterocycles. The highest BCUT2D eigenvalue weighted by Gasteiger charge is 2.51. The number of nitrogens with zero attached hydrogens (tertiary/aromatic N) is 4. The number of halogens is 2. The molecule has 0 saturated carbocycles. The Balaban J connectivity index is 0.876. The van der Waals surface area contributed by atoms with Crippen molar-refractivity contribution in [3.8, 4) is 11.8 Å². The van der Waals surface area contributed by atoms with E-state index in [9.17, 15) is 61.5 Å². The van der Waals surface area contributed by atoms with Gasteiger partial charge in [0.2, 0.25) is 35.4 Å². The van der Waals surface area contributed by atoms with Gasteiger partial charge >= 0.3 is 13.3 Å². The van der Waals surface area contributed by atoms with Crippen LogP contribution in [0, 0.1) is 11.8 Å². The summed E-state index contributed by atoms with van der Waals surface area (Å²) in [7, 11) is -5.90. The summed E-state index contributed by atoms with van der Waals surface area (Å²) in [4.78, 5) is 135. The number of fused-ring (bicyclic) bond motifs is 3. The molecule has 5 atom stereocenters. The number of aromatic nitrogens is 1. The molecule has 4 aliphatic rings. The first-order valence-corrected chi connectivity index (χ1v) is 29.3. The number of alkyl halides is 2. The molecule has 0 spiro atoms. The van der Waals surface area contributed by atoms with E-state index in [1.54, 1.807) is 12.1 Å². The van der Waals surface area contributed by atoms with Crippen molar-refractivity contribution < 1.29 is 61.5 Å². The molecule has 3 fully saturated rings. The highest BCUT2D eigenvalue weighted by Crippen LogP contribution is 2.59. The Labute approximate surface area is 460 Å². The molecular weight excluding hydrogens is 1080 g/mol. The van der Waals surface area contributed by atoms with Crippen LogP contribution in [0.4, 0.5) is 8.78 Å². The number of piperidine rings is 1. The quantitative estimate of drug-likeness (QED) is 0.0265. The van der Waals surface area contributed by atoms with E-state index >= 15 is 0 Å². The Kier molecular flexibility index (Phi) is 17.2. The van der Waals surface area contributed by atoms with Crippen LogP contribution in [0.1, 0.15) is 136 Å². The van der Waals surface area contributed by atoms with E-state index in [1.165, 1.54) is 38.2 Å². The second kappa shape index (κ2) is 24.0. The fourth-order valence-corrected chi connectivity index (χ4v) is 12.9. The van der Waals surface area contributed by atoms with E-state index in [-0.39, 0.29) is 86.1 Å². The number of nitrogens with one attached hydrogen (secondary N) is 3. The molecule has 4 aliphatic heterocycles. The molecular formula is C55H57F2N8O11PS2. The summed E-state index contributed by atoms with van der Waals surface area (Å²) >= 11 is 2.22. The van der Waals surface area contributed by atoms with Gasteiger partial charge in [-0.1, -0.05) is 60.7 Å². The molecule has 6 heterocycles. The number of imide groups is 1. The van der Waals surface area contributed by atoms with Crippen LogP contribution in [0.15, 0.2) is 78.2 Å². The Morgan fingerprint density at radius 3 is 2.51 bits per heavy atom. The topological polar surface area (TPSA) is 279 Å². The normalized spacial score (nSPS) is 19.9. The Morgan fingerprint density at radius 2 is 1.75 bits per heavy atom. The molecule has 2 aromatic heterocycles. The van der Waals surface area contributed by atoms with Gasteiger partial charge in [0.25, 0.3) is 11.8 Å². The number of primary amides is 1. The third-order valence-electron chi connectivity index (χ3n) is 14.7. The van der Waals surface area contributed by atoms with Crippen LogP contribution in [0.5, 0.6) is 0 Å². The number of hydrogen-bond donors (Lipinski definition) is 6. The number of thiazole rings is 1. The van der Waals surface area contributed by atoms with Gasteiger partial charge < -0.3 is 40.9 Å². The van der Waals surface area contributed by atoms with Crippen LogP contribution in [0.2, 0.25) is 0 Å². The maximum Gasteiger partial charge on any atom is 0.399 e. The summed E-state index contributed by atoms with van der Waals surface area (Å²) in [6.07, 6.45) is 4.34. The SMILES string of the molecule is NC(=O)CCC(NC(=O)[C@@H]1CC[C@@H]2CCN(C(=O)CCCCCC#Cc3cccc4c3CN(C3CCC(=O)NC3=O)C4=O)C[C@H](NC(=O)c3cc4cc(C(F)(F)P(=O)(O)O)ccc4s3)C(=O)N21)c1nc(Cc2ccccc2)cs1. The number of thiophene rings is 1. The standard InChI is InChI=1S/C55H57F2N8O11PS2/c56-55(57,77(74,75)76)35-16-21-44-34(27-35)28-45(79-44)51(71)61-41-30-63(48(68)15-8-3-1-2-7-12-33-13-9-14-38-39(33)29-64(53(38)72)42-20-23-47(67)62-49(42)69)25-24-37-17-19-43(65(37)54(41)73)50(70)60-40(18-22-46(58)66)52-59-36(31-78-52)26-32-10-5-4-6-11-32/h4-6,9-11,13-14,16,21,27-28,31,37,40-43H,1-3,8,15,17-20,22-26,29-30H2,(H2,58,66)(H,60,70)(H,61,71)(H,62,67,69)(H2,74,75,76)/t37-,40?,41+,42?,43+/m1/s1. The van der Waals surface area contributed by atoms with Crippen molar-refractivity contribution in [1.29, 1.82) is 0 Å². The number of benzene rings is 3. The summed E-state index contributed by atoms with van der Waals surface area (Å²) in [6, 6.07) is 14.8. The molecule has 0 bridgehead atoms. The first kappa shape index (κ1) is 56.5. The summed E-state index contributed by atoms with van der Waals surface area (Å²) in [6.45, 7) is 0.124. The van der Waals surface area contributed by atoms with Crippen molar-refractivity contribution in [2.75, 3.05) is 13.1 Å². The van der Waals surface area contributed by atoms with E-state index in [1.807, 2.05) is 41.8 Å². The van der Waals surface area contributed by atoms with Crippen LogP contribution < -0.4 is 21.7 Å². The lowest BCUT2D eigenvalue weighted by Gasteiger charge is -2.39. The van der Waals surface area contributed by atoms with Crippen LogP contribution in [0.25, 0.3) is 10.1 Å². The number of carbonyl (C=O) groups is 8. The average molecular weight is 1140 g/mol. The molecule has 79 heavy (non-hydrogen) atoms. The van der Waals surface area contributed by atoms with Gasteiger partial charge in [0.1, 0.15) is 23.1 Å². The maximum absolute atomic E-state index is 15.0. The molecule has 8 amide bonds. The van der Waals surface area contributed by atoms with Crippen molar-refractivity contribution in [2.45, 2.75) is 126 Å². The van der Waals surface area contributed by atoms with E-state index in [0.717, 1.165) is 34.7 Å². The third kappa shape index (κ3) is 12.8. The number of hydrogen-bond acceptors (Lipinski definition) is 12. The van der Waals surface area contributed by atoms with Crippen LogP contribution >= 0.6 is 30.3 Å². The molecule has 7 N–H and O–H groups in total. The van der Waals surface area contributed by atoms with Gasteiger partial charge in [-0.05, 0) is 91.8 Å². The smallest absolute Gasteiger partial charge is 0.370 e. The van der Waals surface area contributed by atoms with Crippen LogP contribution in [-0.2, 0) is 52.0 Å². The van der Waals surface area contributed by atoms with Gasteiger partial charge in [0, 0.05) is 84.6 Å². The highest BCUT2D eigenvalue weighted by molar-refractivity contribution is 7.52. The van der Waals surface area contributed by atoms with Crippen molar-refractivity contribution in [2.24, 2.45) is 5.73 Å². The van der Waals surface area contributed by atoms with Gasteiger partial charge in [-0.15, -0.1) is 22.7 Å². The largest absolute Gasteiger partial charge is 0.399 e. The summed E-state index contributed by atoms with van der Waals surface area (Å²) in [5.74, 6) is 2.42. The van der Waals surface area contributed by atoms with E-state index < -0.39 is 78.6 Å². The summed E-state index contributed by atoms with van der Waals surface area (Å²) < 4.78 is 41.4. The number of rotatable bonds is 18. The number of unbranched alkanes of at least 4 members (excludes halogenated alkanes) is 3. The monoisotopic (exact) mass is 1140 g/mol. The fraction of sp³-hybridized carbons (Fsp3) is 0.400. The lowest BCUT2D eigenvalue weighted by molar-refractivity contribution is -0.145. The molecule has 414 valence electrons. The lowest BCUT2D eigenvalue weighted by Crippen LogP contribution is -2.61. The summed E-state index contributed by atoms with van der Waals surface area (Å²) in [5, 5.41) is 10.6. The Bertz CT molecular complexity index is 3340. The molecule has 5 aromatic rings. The summed E-state index contributed by atoms with van der Waals surface area (Å²) in [5.41, 5.74) is 3.74. The second-order valence-electron chi connectivity index (χ2n) is 20.1. The van der Waals surface area contributed by atoms with Crippen molar-refractivity contribution in [3.05, 3.63) is 122 Å². The van der Waals surface area contributed by atoms with E-state index in [4.69, 9.17) is 10.7 Å². The van der Waals surface area contributed by atoms with Crippen molar-refractivity contribution >= 4 is 87.6 Å². The molecule has 3 aromatic carbocycles. The van der Waals surface area contributed by atoms with Gasteiger partial charge in [-0.25, -0.2) is 4.98 Å². The molecule has 0 radical (unpaired) electrons. The molecule has 9 rings (SSSR count). The molecule has 0 aliphatic carbocycles. The maximum atomic E-state index is 15.0. The zero-order valence-corrected chi connectivity index (χ0v) is 45.2. The van der Waals surface area contributed by atoms with Crippen molar-refractivity contribution in [1.82, 2.24) is 35.6 Å². The predicted molar refractivity (Wildman–Crippen MR) is 287 cm³/mol. The molecule has 19 nitrogen and oxygen atoms in total. The van der Waals surface area contributed by atoms with Crippen LogP contribution in [0.3, 0.4) is 0 Å². The number of carbonyl (C=O) groups excluding carboxylic acids is 8. The van der Waals surface area contributed by atoms with Gasteiger partial charge in [-0.2, -0.15) is 8.78 Å². The third-order valence-corrected chi connectivity index (χ3v) is 17.8. The zero-order chi connectivity index (χ0) is 56.2. The lowest BCUT2D eigenvalue weighted by atomic mass is 10.0. The van der Waals surface area contributed by atoms with Crippen molar-refractivity contribution in [3.63, 3.8) is 0 Å². The second-order valence-corrected chi connectivity index (χ2v) is 23.7. The highest BCUT2D eigenvalue weighted by atomic mass is 32.1. The van der Waals surface area contributed by atoms with Gasteiger partial charge in [0.05, 0.1) is 16.6 Å². The first-order chi connectivity index (χ1) is 37.7. The minimum atomic E-state index is -5.90. The van der Waals surface area contributed by atoms with Gasteiger partial charge in [-0.3, -0.25) is 48.2 Å². The Hall–Kier alpha value is -7.22. The minimum absolute atomic E-state index is 0.0125. The van der Waals surface area contributed by atoms with E-state index in [0.29, 0.717) is 71.3 Å². The van der Waals surface area contributed by atoms with Crippen LogP contribution in [-0.4, -0.2) is 114 Å². The predicted octanol–water partition coefficient (Wildman–Crippen LogP) is 5.75. The number of nitrogens with two attached hydrogens (primary N) is 1. The van der Waals surface area contributed by atoms with E-state index in [2.05, 4.69) is 27.8 Å². The zero-order valence-electron chi connectivity index (χ0n) is 42.7. The molecule has 2 unspecified atom stereocenters. The first-order valence-electron chi connectivity index (χ1n) is 26.0.